The number of amides is 1. The van der Waals surface area contributed by atoms with Gasteiger partial charge in [-0.05, 0) is 24.6 Å². The van der Waals surface area contributed by atoms with Crippen LogP contribution >= 0.6 is 11.6 Å². The molecule has 0 aliphatic heterocycles. The van der Waals surface area contributed by atoms with Gasteiger partial charge in [0, 0.05) is 32.1 Å². The molecule has 1 aromatic carbocycles. The summed E-state index contributed by atoms with van der Waals surface area (Å²) in [5.41, 5.74) is 7.46. The first kappa shape index (κ1) is 13.6. The molecule has 0 saturated heterocycles. The molecule has 1 rings (SSSR count). The van der Waals surface area contributed by atoms with Gasteiger partial charge in [-0.3, -0.25) is 4.79 Å². The Labute approximate surface area is 107 Å². The third-order valence-electron chi connectivity index (χ3n) is 2.58. The molecule has 5 heteroatoms. The molecular formula is C12H18ClN3O. The van der Waals surface area contributed by atoms with Crippen molar-refractivity contribution in [1.82, 2.24) is 5.32 Å². The fraction of sp³-hybridized carbons (Fsp3) is 0.417. The number of halogens is 1. The molecule has 1 amide bonds. The summed E-state index contributed by atoms with van der Waals surface area (Å²) in [4.78, 5) is 13.1. The minimum atomic E-state index is 0.0532. The lowest BCUT2D eigenvalue weighted by Gasteiger charge is -2.21. The van der Waals surface area contributed by atoms with Crippen LogP contribution in [-0.2, 0) is 4.79 Å². The maximum atomic E-state index is 11.1. The predicted octanol–water partition coefficient (Wildman–Crippen LogP) is 1.88. The molecule has 0 aliphatic carbocycles. The molecule has 0 spiro atoms. The fourth-order valence-corrected chi connectivity index (χ4v) is 1.74. The van der Waals surface area contributed by atoms with Crippen molar-refractivity contribution >= 4 is 28.9 Å². The van der Waals surface area contributed by atoms with E-state index in [0.29, 0.717) is 17.1 Å². The van der Waals surface area contributed by atoms with Gasteiger partial charge in [0.15, 0.2) is 0 Å². The quantitative estimate of drug-likeness (QED) is 0.790. The topological polar surface area (TPSA) is 58.4 Å². The second kappa shape index (κ2) is 6.35. The van der Waals surface area contributed by atoms with Gasteiger partial charge in [0.1, 0.15) is 0 Å². The third kappa shape index (κ3) is 4.15. The largest absolute Gasteiger partial charge is 0.397 e. The van der Waals surface area contributed by atoms with E-state index >= 15 is 0 Å². The minimum absolute atomic E-state index is 0.0532. The predicted molar refractivity (Wildman–Crippen MR) is 72.4 cm³/mol. The molecule has 0 atom stereocenters. The Bertz CT molecular complexity index is 395. The second-order valence-electron chi connectivity index (χ2n) is 3.90. The molecule has 0 aromatic heterocycles. The maximum Gasteiger partial charge on any atom is 0.219 e. The van der Waals surface area contributed by atoms with E-state index in [0.717, 1.165) is 18.7 Å². The number of nitrogens with one attached hydrogen (secondary N) is 1. The molecular weight excluding hydrogens is 238 g/mol. The Balaban J connectivity index is 2.54. The molecule has 1 aromatic rings. The number of nitrogens with two attached hydrogens (primary N) is 1. The van der Waals surface area contributed by atoms with Crippen molar-refractivity contribution in [2.24, 2.45) is 0 Å². The first-order valence-electron chi connectivity index (χ1n) is 5.51. The molecule has 0 fully saturated rings. The molecule has 0 radical (unpaired) electrons. The first-order chi connectivity index (χ1) is 8.04. The summed E-state index contributed by atoms with van der Waals surface area (Å²) in [6.07, 6.45) is 1.30. The highest BCUT2D eigenvalue weighted by Crippen LogP contribution is 2.26. The van der Waals surface area contributed by atoms with Crippen LogP contribution in [0, 0.1) is 0 Å². The van der Waals surface area contributed by atoms with E-state index < -0.39 is 0 Å². The molecule has 4 nitrogen and oxygen atoms in total. The van der Waals surface area contributed by atoms with E-state index in [2.05, 4.69) is 5.32 Å². The molecule has 17 heavy (non-hydrogen) atoms. The number of hydrogen-bond donors (Lipinski definition) is 2. The summed E-state index contributed by atoms with van der Waals surface area (Å²) in [6, 6.07) is 5.38. The fourth-order valence-electron chi connectivity index (χ4n) is 1.57. The number of nitrogen functional groups attached to an aromatic ring is 1. The Morgan fingerprint density at radius 3 is 2.88 bits per heavy atom. The van der Waals surface area contributed by atoms with Gasteiger partial charge in [-0.1, -0.05) is 11.6 Å². The van der Waals surface area contributed by atoms with E-state index in [1.165, 1.54) is 0 Å². The van der Waals surface area contributed by atoms with Crippen LogP contribution in [0.25, 0.3) is 0 Å². The molecule has 3 N–H and O–H groups in total. The van der Waals surface area contributed by atoms with Crippen LogP contribution in [0.4, 0.5) is 11.4 Å². The third-order valence-corrected chi connectivity index (χ3v) is 2.82. The highest BCUT2D eigenvalue weighted by atomic mass is 35.5. The molecule has 94 valence electrons. The lowest BCUT2D eigenvalue weighted by Crippen LogP contribution is -2.23. The smallest absolute Gasteiger partial charge is 0.219 e. The molecule has 0 saturated carbocycles. The Morgan fingerprint density at radius 2 is 2.24 bits per heavy atom. The first-order valence-corrected chi connectivity index (χ1v) is 5.89. The number of nitrogens with zero attached hydrogens (tertiary/aromatic N) is 1. The van der Waals surface area contributed by atoms with Gasteiger partial charge in [0.05, 0.1) is 11.4 Å². The summed E-state index contributed by atoms with van der Waals surface area (Å²) in [5, 5.41) is 3.26. The Kier molecular flexibility index (Phi) is 5.10. The van der Waals surface area contributed by atoms with Crippen LogP contribution in [0.1, 0.15) is 12.8 Å². The van der Waals surface area contributed by atoms with Crippen molar-refractivity contribution in [1.29, 1.82) is 0 Å². The van der Waals surface area contributed by atoms with Gasteiger partial charge in [-0.15, -0.1) is 0 Å². The maximum absolute atomic E-state index is 11.1. The van der Waals surface area contributed by atoms with Gasteiger partial charge in [-0.25, -0.2) is 0 Å². The summed E-state index contributed by atoms with van der Waals surface area (Å²) in [5.74, 6) is 0.0532. The SMILES string of the molecule is CNC(=O)CCCN(C)c1cc(Cl)ccc1N. The summed E-state index contributed by atoms with van der Waals surface area (Å²) >= 11 is 5.92. The van der Waals surface area contributed by atoms with Crippen LogP contribution in [0.2, 0.25) is 5.02 Å². The van der Waals surface area contributed by atoms with Crippen molar-refractivity contribution < 1.29 is 4.79 Å². The van der Waals surface area contributed by atoms with Crippen molar-refractivity contribution in [2.75, 3.05) is 31.3 Å². The van der Waals surface area contributed by atoms with Crippen LogP contribution < -0.4 is 16.0 Å². The van der Waals surface area contributed by atoms with Crippen LogP contribution in [0.5, 0.6) is 0 Å². The number of hydrogen-bond acceptors (Lipinski definition) is 3. The number of carbonyl (C=O) groups is 1. The summed E-state index contributed by atoms with van der Waals surface area (Å²) in [7, 11) is 3.58. The number of rotatable bonds is 5. The van der Waals surface area contributed by atoms with Crippen LogP contribution in [0.15, 0.2) is 18.2 Å². The van der Waals surface area contributed by atoms with E-state index in [1.54, 1.807) is 19.2 Å². The average Bonchev–Trinajstić information content (AvgIpc) is 2.31. The highest BCUT2D eigenvalue weighted by Gasteiger charge is 2.06. The van der Waals surface area contributed by atoms with Gasteiger partial charge < -0.3 is 16.0 Å². The standard InChI is InChI=1S/C12H18ClN3O/c1-15-12(17)4-3-7-16(2)11-8-9(13)5-6-10(11)14/h5-6,8H,3-4,7,14H2,1-2H3,(H,15,17). The zero-order valence-corrected chi connectivity index (χ0v) is 10.9. The monoisotopic (exact) mass is 255 g/mol. The van der Waals surface area contributed by atoms with Crippen molar-refractivity contribution in [3.05, 3.63) is 23.2 Å². The van der Waals surface area contributed by atoms with E-state index in [-0.39, 0.29) is 5.91 Å². The van der Waals surface area contributed by atoms with E-state index in [1.807, 2.05) is 18.0 Å². The zero-order valence-electron chi connectivity index (χ0n) is 10.2. The second-order valence-corrected chi connectivity index (χ2v) is 4.34. The number of carbonyl (C=O) groups excluding carboxylic acids is 1. The average molecular weight is 256 g/mol. The van der Waals surface area contributed by atoms with Crippen LogP contribution in [-0.4, -0.2) is 26.5 Å². The zero-order chi connectivity index (χ0) is 12.8. The lowest BCUT2D eigenvalue weighted by molar-refractivity contribution is -0.120. The summed E-state index contributed by atoms with van der Waals surface area (Å²) in [6.45, 7) is 0.762. The van der Waals surface area contributed by atoms with Gasteiger partial charge in [0.25, 0.3) is 0 Å². The van der Waals surface area contributed by atoms with Crippen LogP contribution in [0.3, 0.4) is 0 Å². The van der Waals surface area contributed by atoms with E-state index in [4.69, 9.17) is 17.3 Å². The van der Waals surface area contributed by atoms with Gasteiger partial charge in [0.2, 0.25) is 5.91 Å². The van der Waals surface area contributed by atoms with E-state index in [9.17, 15) is 4.79 Å². The lowest BCUT2D eigenvalue weighted by atomic mass is 10.2. The Hall–Kier alpha value is -1.42. The van der Waals surface area contributed by atoms with Crippen molar-refractivity contribution in [3.8, 4) is 0 Å². The normalized spacial score (nSPS) is 10.1. The molecule has 0 bridgehead atoms. The molecule has 0 heterocycles. The van der Waals surface area contributed by atoms with Gasteiger partial charge in [-0.2, -0.15) is 0 Å². The highest BCUT2D eigenvalue weighted by molar-refractivity contribution is 6.31. The number of anilines is 2. The van der Waals surface area contributed by atoms with Crippen molar-refractivity contribution in [3.63, 3.8) is 0 Å². The van der Waals surface area contributed by atoms with Gasteiger partial charge >= 0.3 is 0 Å². The molecule has 0 unspecified atom stereocenters. The minimum Gasteiger partial charge on any atom is -0.397 e. The van der Waals surface area contributed by atoms with Crippen molar-refractivity contribution in [2.45, 2.75) is 12.8 Å². The number of benzene rings is 1. The summed E-state index contributed by atoms with van der Waals surface area (Å²) < 4.78 is 0. The Morgan fingerprint density at radius 1 is 1.53 bits per heavy atom. The molecule has 0 aliphatic rings.